The van der Waals surface area contributed by atoms with E-state index in [2.05, 4.69) is 0 Å². The summed E-state index contributed by atoms with van der Waals surface area (Å²) >= 11 is 0. The Morgan fingerprint density at radius 1 is 1.29 bits per heavy atom. The molecule has 1 aromatic rings. The maximum atomic E-state index is 13.4. The van der Waals surface area contributed by atoms with Gasteiger partial charge in [0.05, 0.1) is 13.2 Å². The number of benzene rings is 1. The number of ether oxygens (including phenoxy) is 2. The molecule has 1 heterocycles. The zero-order valence-corrected chi connectivity index (χ0v) is 9.36. The lowest BCUT2D eigenvalue weighted by atomic mass is 10.0. The van der Waals surface area contributed by atoms with Gasteiger partial charge in [-0.05, 0) is 30.2 Å². The van der Waals surface area contributed by atoms with E-state index in [1.54, 1.807) is 0 Å². The Morgan fingerprint density at radius 3 is 2.71 bits per heavy atom. The molecule has 0 aliphatic carbocycles. The number of nitrogens with two attached hydrogens (primary N) is 1. The van der Waals surface area contributed by atoms with Crippen LogP contribution in [0.2, 0.25) is 0 Å². The Balaban J connectivity index is 1.92. The summed E-state index contributed by atoms with van der Waals surface area (Å²) in [4.78, 5) is 0. The quantitative estimate of drug-likeness (QED) is 0.873. The highest BCUT2D eigenvalue weighted by Gasteiger charge is 2.20. The van der Waals surface area contributed by atoms with E-state index >= 15 is 0 Å². The molecule has 1 aliphatic rings. The van der Waals surface area contributed by atoms with Gasteiger partial charge < -0.3 is 15.2 Å². The molecule has 2 N–H and O–H groups in total. The molecule has 0 saturated carbocycles. The fraction of sp³-hybridized carbons (Fsp3) is 0.500. The summed E-state index contributed by atoms with van der Waals surface area (Å²) in [6.07, 6.45) is 0.435. The van der Waals surface area contributed by atoms with E-state index < -0.39 is 11.6 Å². The second kappa shape index (κ2) is 5.53. The van der Waals surface area contributed by atoms with Gasteiger partial charge in [0.15, 0.2) is 6.29 Å². The zero-order valence-electron chi connectivity index (χ0n) is 9.36. The fourth-order valence-electron chi connectivity index (χ4n) is 1.86. The van der Waals surface area contributed by atoms with Gasteiger partial charge in [-0.25, -0.2) is 8.78 Å². The van der Waals surface area contributed by atoms with Gasteiger partial charge in [-0.1, -0.05) is 0 Å². The van der Waals surface area contributed by atoms with Crippen LogP contribution in [0.3, 0.4) is 0 Å². The number of rotatable bonds is 4. The third-order valence-corrected chi connectivity index (χ3v) is 2.68. The van der Waals surface area contributed by atoms with Crippen LogP contribution in [-0.2, 0) is 15.9 Å². The summed E-state index contributed by atoms with van der Waals surface area (Å²) in [6.45, 7) is 1.12. The van der Waals surface area contributed by atoms with Crippen LogP contribution >= 0.6 is 0 Å². The first-order valence-corrected chi connectivity index (χ1v) is 5.58. The highest BCUT2D eigenvalue weighted by atomic mass is 19.1. The molecule has 17 heavy (non-hydrogen) atoms. The van der Waals surface area contributed by atoms with E-state index in [0.717, 1.165) is 12.1 Å². The minimum Gasteiger partial charge on any atom is -0.350 e. The van der Waals surface area contributed by atoms with Crippen LogP contribution in [0.15, 0.2) is 18.2 Å². The second-order valence-corrected chi connectivity index (χ2v) is 4.11. The molecule has 0 amide bonds. The highest BCUT2D eigenvalue weighted by molar-refractivity contribution is 5.19. The van der Waals surface area contributed by atoms with Crippen molar-refractivity contribution in [1.29, 1.82) is 0 Å². The summed E-state index contributed by atoms with van der Waals surface area (Å²) in [5.74, 6) is -0.892. The second-order valence-electron chi connectivity index (χ2n) is 4.11. The molecule has 0 aromatic heterocycles. The maximum Gasteiger partial charge on any atom is 0.159 e. The van der Waals surface area contributed by atoms with Crippen LogP contribution in [0.4, 0.5) is 8.78 Å². The van der Waals surface area contributed by atoms with Crippen LogP contribution in [0.25, 0.3) is 0 Å². The first-order chi connectivity index (χ1) is 8.15. The van der Waals surface area contributed by atoms with Crippen molar-refractivity contribution < 1.29 is 18.3 Å². The van der Waals surface area contributed by atoms with E-state index in [0.29, 0.717) is 19.6 Å². The molecule has 1 saturated heterocycles. The Labute approximate surface area is 98.5 Å². The van der Waals surface area contributed by atoms with Crippen molar-refractivity contribution in [3.05, 3.63) is 35.4 Å². The van der Waals surface area contributed by atoms with Gasteiger partial charge in [-0.3, -0.25) is 0 Å². The average Bonchev–Trinajstić information content (AvgIpc) is 2.76. The standard InChI is InChI=1S/C12H15F2NO2/c13-9-1-2-11(14)8(5-9)6-10(15)7-12-16-3-4-17-12/h1-2,5,10,12H,3-4,6-7,15H2. The van der Waals surface area contributed by atoms with Crippen molar-refractivity contribution in [3.63, 3.8) is 0 Å². The fourth-order valence-corrected chi connectivity index (χ4v) is 1.86. The Kier molecular flexibility index (Phi) is 4.04. The van der Waals surface area contributed by atoms with Gasteiger partial charge in [-0.2, -0.15) is 0 Å². The summed E-state index contributed by atoms with van der Waals surface area (Å²) < 4.78 is 36.8. The third kappa shape index (κ3) is 3.46. The normalized spacial score (nSPS) is 18.5. The van der Waals surface area contributed by atoms with Crippen LogP contribution in [-0.4, -0.2) is 25.5 Å². The van der Waals surface area contributed by atoms with Crippen molar-refractivity contribution in [2.75, 3.05) is 13.2 Å². The van der Waals surface area contributed by atoms with Crippen LogP contribution < -0.4 is 5.73 Å². The van der Waals surface area contributed by atoms with Crippen LogP contribution in [0, 0.1) is 11.6 Å². The first kappa shape index (κ1) is 12.4. The molecule has 94 valence electrons. The largest absolute Gasteiger partial charge is 0.350 e. The first-order valence-electron chi connectivity index (χ1n) is 5.58. The van der Waals surface area contributed by atoms with Gasteiger partial charge in [-0.15, -0.1) is 0 Å². The Hall–Kier alpha value is -1.04. The molecule has 1 atom stereocenters. The monoisotopic (exact) mass is 243 g/mol. The average molecular weight is 243 g/mol. The van der Waals surface area contributed by atoms with E-state index in [-0.39, 0.29) is 24.3 Å². The molecule has 1 aromatic carbocycles. The summed E-state index contributed by atoms with van der Waals surface area (Å²) in [6, 6.07) is 3.06. The maximum absolute atomic E-state index is 13.4. The van der Waals surface area contributed by atoms with Gasteiger partial charge in [0.1, 0.15) is 11.6 Å². The number of hydrogen-bond acceptors (Lipinski definition) is 3. The van der Waals surface area contributed by atoms with Crippen molar-refractivity contribution in [1.82, 2.24) is 0 Å². The van der Waals surface area contributed by atoms with E-state index in [9.17, 15) is 8.78 Å². The minimum atomic E-state index is -0.457. The molecule has 1 unspecified atom stereocenters. The molecular weight excluding hydrogens is 228 g/mol. The number of halogens is 2. The lowest BCUT2D eigenvalue weighted by Crippen LogP contribution is -2.29. The summed E-state index contributed by atoms with van der Waals surface area (Å²) in [5.41, 5.74) is 6.14. The zero-order chi connectivity index (χ0) is 12.3. The Morgan fingerprint density at radius 2 is 2.00 bits per heavy atom. The molecule has 0 bridgehead atoms. The van der Waals surface area contributed by atoms with Crippen molar-refractivity contribution in [2.45, 2.75) is 25.2 Å². The molecule has 3 nitrogen and oxygen atoms in total. The van der Waals surface area contributed by atoms with Gasteiger partial charge in [0.2, 0.25) is 0 Å². The molecule has 1 fully saturated rings. The molecule has 0 spiro atoms. The van der Waals surface area contributed by atoms with E-state index in [1.165, 1.54) is 6.07 Å². The molecule has 5 heteroatoms. The van der Waals surface area contributed by atoms with E-state index in [1.807, 2.05) is 0 Å². The Bertz CT molecular complexity index is 381. The van der Waals surface area contributed by atoms with Crippen molar-refractivity contribution in [2.24, 2.45) is 5.73 Å². The highest BCUT2D eigenvalue weighted by Crippen LogP contribution is 2.15. The van der Waals surface area contributed by atoms with Crippen LogP contribution in [0.1, 0.15) is 12.0 Å². The van der Waals surface area contributed by atoms with Gasteiger partial charge >= 0.3 is 0 Å². The molecule has 0 radical (unpaired) electrons. The molecule has 2 rings (SSSR count). The lowest BCUT2D eigenvalue weighted by molar-refractivity contribution is -0.0505. The number of hydrogen-bond donors (Lipinski definition) is 1. The molecule has 1 aliphatic heterocycles. The SMILES string of the molecule is NC(Cc1cc(F)ccc1F)CC1OCCO1. The lowest BCUT2D eigenvalue weighted by Gasteiger charge is -2.16. The molecular formula is C12H15F2NO2. The van der Waals surface area contributed by atoms with E-state index in [4.69, 9.17) is 15.2 Å². The predicted octanol–water partition coefficient (Wildman–Crippen LogP) is 1.60. The smallest absolute Gasteiger partial charge is 0.159 e. The van der Waals surface area contributed by atoms with Crippen molar-refractivity contribution in [3.8, 4) is 0 Å². The van der Waals surface area contributed by atoms with Gasteiger partial charge in [0.25, 0.3) is 0 Å². The summed E-state index contributed by atoms with van der Waals surface area (Å²) in [7, 11) is 0. The van der Waals surface area contributed by atoms with Gasteiger partial charge in [0, 0.05) is 12.5 Å². The summed E-state index contributed by atoms with van der Waals surface area (Å²) in [5, 5.41) is 0. The topological polar surface area (TPSA) is 44.5 Å². The van der Waals surface area contributed by atoms with Crippen LogP contribution in [0.5, 0.6) is 0 Å². The predicted molar refractivity (Wildman–Crippen MR) is 58.3 cm³/mol. The third-order valence-electron chi connectivity index (χ3n) is 2.68. The van der Waals surface area contributed by atoms with Crippen molar-refractivity contribution >= 4 is 0 Å². The minimum absolute atomic E-state index is 0.271.